The zero-order valence-electron chi connectivity index (χ0n) is 14.3. The Labute approximate surface area is 147 Å². The molecule has 0 radical (unpaired) electrons. The highest BCUT2D eigenvalue weighted by Crippen LogP contribution is 2.20. The number of halogens is 1. The molecular formula is C18H22ClN5. The highest BCUT2D eigenvalue weighted by atomic mass is 35.5. The average Bonchev–Trinajstić information content (AvgIpc) is 3.14. The molecule has 24 heavy (non-hydrogen) atoms. The fourth-order valence-electron chi connectivity index (χ4n) is 2.83. The summed E-state index contributed by atoms with van der Waals surface area (Å²) >= 11 is 6.32. The van der Waals surface area contributed by atoms with Gasteiger partial charge >= 0.3 is 0 Å². The Hall–Kier alpha value is -2.11. The standard InChI is InChI=1S/C18H22ClN5/c1-14-17(18(19)23(3)21-14)12-22(2)10-15-4-6-16(7-5-15)11-24-9-8-20-13-24/h4-9,13H,10-12H2,1-3H3. The SMILES string of the molecule is Cc1nn(C)c(Cl)c1CN(C)Cc1ccc(Cn2ccnc2)cc1. The maximum atomic E-state index is 6.32. The third-order valence-electron chi connectivity index (χ3n) is 4.10. The minimum atomic E-state index is 0.718. The summed E-state index contributed by atoms with van der Waals surface area (Å²) in [6, 6.07) is 8.71. The van der Waals surface area contributed by atoms with Crippen LogP contribution in [0.3, 0.4) is 0 Å². The van der Waals surface area contributed by atoms with Crippen LogP contribution in [0.15, 0.2) is 43.0 Å². The smallest absolute Gasteiger partial charge is 0.131 e. The van der Waals surface area contributed by atoms with Crippen molar-refractivity contribution in [3.05, 3.63) is 70.5 Å². The zero-order chi connectivity index (χ0) is 17.1. The molecule has 0 saturated heterocycles. The molecule has 1 aromatic carbocycles. The first-order chi connectivity index (χ1) is 11.5. The van der Waals surface area contributed by atoms with E-state index in [2.05, 4.69) is 50.9 Å². The molecule has 3 aromatic rings. The van der Waals surface area contributed by atoms with Gasteiger partial charge in [0.15, 0.2) is 0 Å². The molecule has 0 saturated carbocycles. The summed E-state index contributed by atoms with van der Waals surface area (Å²) in [5, 5.41) is 5.09. The highest BCUT2D eigenvalue weighted by Gasteiger charge is 2.13. The molecule has 0 aliphatic rings. The van der Waals surface area contributed by atoms with Crippen LogP contribution in [0, 0.1) is 6.92 Å². The van der Waals surface area contributed by atoms with E-state index < -0.39 is 0 Å². The molecule has 0 aliphatic carbocycles. The number of benzene rings is 1. The molecule has 2 heterocycles. The van der Waals surface area contributed by atoms with E-state index in [-0.39, 0.29) is 0 Å². The summed E-state index contributed by atoms with van der Waals surface area (Å²) in [6.45, 7) is 4.51. The van der Waals surface area contributed by atoms with Crippen molar-refractivity contribution in [2.24, 2.45) is 7.05 Å². The van der Waals surface area contributed by atoms with Crippen LogP contribution in [0.25, 0.3) is 0 Å². The molecule has 2 aromatic heterocycles. The second-order valence-corrected chi connectivity index (χ2v) is 6.56. The molecule has 5 nitrogen and oxygen atoms in total. The molecule has 3 rings (SSSR count). The van der Waals surface area contributed by atoms with E-state index in [1.165, 1.54) is 11.1 Å². The van der Waals surface area contributed by atoms with Gasteiger partial charge in [-0.2, -0.15) is 5.10 Å². The number of hydrogen-bond acceptors (Lipinski definition) is 3. The van der Waals surface area contributed by atoms with Crippen LogP contribution < -0.4 is 0 Å². The molecule has 6 heteroatoms. The van der Waals surface area contributed by atoms with E-state index >= 15 is 0 Å². The molecule has 0 unspecified atom stereocenters. The Morgan fingerprint density at radius 3 is 2.42 bits per heavy atom. The van der Waals surface area contributed by atoms with Gasteiger partial charge in [0.25, 0.3) is 0 Å². The van der Waals surface area contributed by atoms with Gasteiger partial charge in [0.1, 0.15) is 5.15 Å². The summed E-state index contributed by atoms with van der Waals surface area (Å²) in [5.74, 6) is 0. The van der Waals surface area contributed by atoms with Gasteiger partial charge in [-0.25, -0.2) is 4.98 Å². The Morgan fingerprint density at radius 2 is 1.83 bits per heavy atom. The fraction of sp³-hybridized carbons (Fsp3) is 0.333. The van der Waals surface area contributed by atoms with Gasteiger partial charge in [-0.1, -0.05) is 35.9 Å². The Kier molecular flexibility index (Phi) is 5.02. The maximum Gasteiger partial charge on any atom is 0.131 e. The number of hydrogen-bond donors (Lipinski definition) is 0. The first-order valence-electron chi connectivity index (χ1n) is 7.93. The van der Waals surface area contributed by atoms with Crippen molar-refractivity contribution in [1.29, 1.82) is 0 Å². The van der Waals surface area contributed by atoms with Crippen molar-refractivity contribution in [3.8, 4) is 0 Å². The third kappa shape index (κ3) is 3.86. The predicted molar refractivity (Wildman–Crippen MR) is 95.9 cm³/mol. The van der Waals surface area contributed by atoms with Crippen LogP contribution in [-0.4, -0.2) is 31.3 Å². The van der Waals surface area contributed by atoms with Gasteiger partial charge in [-0.3, -0.25) is 9.58 Å². The summed E-state index contributed by atoms with van der Waals surface area (Å²) in [4.78, 5) is 6.32. The third-order valence-corrected chi connectivity index (χ3v) is 4.57. The average molecular weight is 344 g/mol. The Morgan fingerprint density at radius 1 is 1.12 bits per heavy atom. The second kappa shape index (κ2) is 7.20. The molecule has 126 valence electrons. The minimum absolute atomic E-state index is 0.718. The first kappa shape index (κ1) is 16.7. The molecule has 0 amide bonds. The molecule has 0 bridgehead atoms. The first-order valence-corrected chi connectivity index (χ1v) is 8.31. The number of nitrogens with zero attached hydrogens (tertiary/aromatic N) is 5. The lowest BCUT2D eigenvalue weighted by molar-refractivity contribution is 0.318. The lowest BCUT2D eigenvalue weighted by atomic mass is 10.1. The van der Waals surface area contributed by atoms with E-state index in [4.69, 9.17) is 11.6 Å². The van der Waals surface area contributed by atoms with Crippen LogP contribution in [0.2, 0.25) is 5.15 Å². The Balaban J connectivity index is 1.61. The van der Waals surface area contributed by atoms with Gasteiger partial charge in [-0.15, -0.1) is 0 Å². The quantitative estimate of drug-likeness (QED) is 0.689. The van der Waals surface area contributed by atoms with Crippen LogP contribution in [0.4, 0.5) is 0 Å². The van der Waals surface area contributed by atoms with Gasteiger partial charge in [0.05, 0.1) is 12.0 Å². The van der Waals surface area contributed by atoms with Crippen molar-refractivity contribution in [2.45, 2.75) is 26.6 Å². The Bertz CT molecular complexity index is 790. The lowest BCUT2D eigenvalue weighted by Gasteiger charge is -2.17. The number of rotatable bonds is 6. The molecule has 0 atom stereocenters. The van der Waals surface area contributed by atoms with Crippen molar-refractivity contribution < 1.29 is 0 Å². The zero-order valence-corrected chi connectivity index (χ0v) is 15.0. The minimum Gasteiger partial charge on any atom is -0.333 e. The van der Waals surface area contributed by atoms with Crippen molar-refractivity contribution >= 4 is 11.6 Å². The molecule has 0 spiro atoms. The molecule has 0 aliphatic heterocycles. The van der Waals surface area contributed by atoms with E-state index in [1.807, 2.05) is 26.5 Å². The van der Waals surface area contributed by atoms with Gasteiger partial charge in [0, 0.05) is 44.6 Å². The topological polar surface area (TPSA) is 38.9 Å². The van der Waals surface area contributed by atoms with E-state index in [9.17, 15) is 0 Å². The number of aromatic nitrogens is 4. The lowest BCUT2D eigenvalue weighted by Crippen LogP contribution is -2.17. The second-order valence-electron chi connectivity index (χ2n) is 6.20. The van der Waals surface area contributed by atoms with Gasteiger partial charge in [0.2, 0.25) is 0 Å². The number of aryl methyl sites for hydroxylation is 2. The monoisotopic (exact) mass is 343 g/mol. The van der Waals surface area contributed by atoms with Crippen LogP contribution in [0.5, 0.6) is 0 Å². The predicted octanol–water partition coefficient (Wildman–Crippen LogP) is 3.26. The van der Waals surface area contributed by atoms with Crippen molar-refractivity contribution in [3.63, 3.8) is 0 Å². The molecular weight excluding hydrogens is 322 g/mol. The van der Waals surface area contributed by atoms with E-state index in [0.717, 1.165) is 36.0 Å². The van der Waals surface area contributed by atoms with Gasteiger partial charge in [-0.05, 0) is 25.1 Å². The van der Waals surface area contributed by atoms with Crippen LogP contribution in [0.1, 0.15) is 22.4 Å². The highest BCUT2D eigenvalue weighted by molar-refractivity contribution is 6.30. The maximum absolute atomic E-state index is 6.32. The largest absolute Gasteiger partial charge is 0.333 e. The summed E-state index contributed by atoms with van der Waals surface area (Å²) in [6.07, 6.45) is 5.61. The summed E-state index contributed by atoms with van der Waals surface area (Å²) in [7, 11) is 3.97. The fourth-order valence-corrected chi connectivity index (χ4v) is 3.07. The summed E-state index contributed by atoms with van der Waals surface area (Å²) < 4.78 is 3.79. The van der Waals surface area contributed by atoms with Gasteiger partial charge < -0.3 is 4.57 Å². The summed E-state index contributed by atoms with van der Waals surface area (Å²) in [5.41, 5.74) is 4.64. The molecule has 0 N–H and O–H groups in total. The van der Waals surface area contributed by atoms with Crippen LogP contribution >= 0.6 is 11.6 Å². The van der Waals surface area contributed by atoms with Crippen molar-refractivity contribution in [2.75, 3.05) is 7.05 Å². The van der Waals surface area contributed by atoms with Crippen LogP contribution in [-0.2, 0) is 26.7 Å². The van der Waals surface area contributed by atoms with E-state index in [1.54, 1.807) is 10.9 Å². The number of imidazole rings is 1. The normalized spacial score (nSPS) is 11.4. The van der Waals surface area contributed by atoms with Crippen molar-refractivity contribution in [1.82, 2.24) is 24.2 Å². The van der Waals surface area contributed by atoms with E-state index in [0.29, 0.717) is 0 Å². The molecule has 0 fully saturated rings.